The maximum atomic E-state index is 12.8. The van der Waals surface area contributed by atoms with Gasteiger partial charge in [0.15, 0.2) is 0 Å². The summed E-state index contributed by atoms with van der Waals surface area (Å²) in [4.78, 5) is 14.8. The van der Waals surface area contributed by atoms with Crippen molar-refractivity contribution in [3.05, 3.63) is 35.9 Å². The standard InChI is InChI=1S/C17H25NO/c1-17(2,14-10-6-4-7-11-14)16(19)18(3)15-12-8-5-9-13-15/h4,6-7,10-11,15H,5,8-9,12-13H2,1-3H3. The molecule has 0 unspecified atom stereocenters. The molecule has 1 aliphatic rings. The normalized spacial score (nSPS) is 17.2. The van der Waals surface area contributed by atoms with E-state index in [4.69, 9.17) is 0 Å². The van der Waals surface area contributed by atoms with Crippen molar-refractivity contribution in [1.82, 2.24) is 4.90 Å². The molecule has 2 heteroatoms. The summed E-state index contributed by atoms with van der Waals surface area (Å²) in [6, 6.07) is 10.5. The van der Waals surface area contributed by atoms with E-state index in [2.05, 4.69) is 0 Å². The van der Waals surface area contributed by atoms with Gasteiger partial charge in [0.2, 0.25) is 5.91 Å². The van der Waals surface area contributed by atoms with Crippen LogP contribution in [0, 0.1) is 0 Å². The van der Waals surface area contributed by atoms with Crippen LogP contribution in [0.25, 0.3) is 0 Å². The summed E-state index contributed by atoms with van der Waals surface area (Å²) in [5, 5.41) is 0. The lowest BCUT2D eigenvalue weighted by molar-refractivity contribution is -0.137. The van der Waals surface area contributed by atoms with Gasteiger partial charge in [-0.1, -0.05) is 49.6 Å². The van der Waals surface area contributed by atoms with Gasteiger partial charge in [-0.05, 0) is 32.3 Å². The average Bonchev–Trinajstić information content (AvgIpc) is 2.47. The molecule has 0 aliphatic heterocycles. The summed E-state index contributed by atoms with van der Waals surface area (Å²) in [6.45, 7) is 4.06. The van der Waals surface area contributed by atoms with Crippen molar-refractivity contribution in [1.29, 1.82) is 0 Å². The van der Waals surface area contributed by atoms with E-state index >= 15 is 0 Å². The van der Waals surface area contributed by atoms with Crippen molar-refractivity contribution in [2.75, 3.05) is 7.05 Å². The molecule has 2 nitrogen and oxygen atoms in total. The van der Waals surface area contributed by atoms with Crippen LogP contribution in [0.5, 0.6) is 0 Å². The number of rotatable bonds is 3. The highest BCUT2D eigenvalue weighted by Crippen LogP contribution is 2.29. The van der Waals surface area contributed by atoms with E-state index in [1.165, 1.54) is 19.3 Å². The summed E-state index contributed by atoms with van der Waals surface area (Å²) >= 11 is 0. The maximum absolute atomic E-state index is 12.8. The number of likely N-dealkylation sites (N-methyl/N-ethyl adjacent to an activating group) is 1. The van der Waals surface area contributed by atoms with Gasteiger partial charge in [0, 0.05) is 13.1 Å². The molecule has 1 amide bonds. The molecule has 104 valence electrons. The van der Waals surface area contributed by atoms with Crippen molar-refractivity contribution in [2.24, 2.45) is 0 Å². The molecule has 1 aromatic rings. The molecule has 19 heavy (non-hydrogen) atoms. The van der Waals surface area contributed by atoms with Crippen LogP contribution in [0.2, 0.25) is 0 Å². The Morgan fingerprint density at radius 3 is 2.26 bits per heavy atom. The van der Waals surface area contributed by atoms with E-state index in [0.29, 0.717) is 6.04 Å². The van der Waals surface area contributed by atoms with Crippen LogP contribution >= 0.6 is 0 Å². The number of benzene rings is 1. The highest BCUT2D eigenvalue weighted by Gasteiger charge is 2.35. The Hall–Kier alpha value is -1.31. The third kappa shape index (κ3) is 2.99. The van der Waals surface area contributed by atoms with Gasteiger partial charge in [0.25, 0.3) is 0 Å². The predicted octanol–water partition coefficient (Wildman–Crippen LogP) is 3.76. The fraction of sp³-hybridized carbons (Fsp3) is 0.588. The molecule has 0 spiro atoms. The van der Waals surface area contributed by atoms with Gasteiger partial charge in [-0.25, -0.2) is 0 Å². The summed E-state index contributed by atoms with van der Waals surface area (Å²) in [5.74, 6) is 0.241. The zero-order chi connectivity index (χ0) is 13.9. The van der Waals surface area contributed by atoms with E-state index in [0.717, 1.165) is 18.4 Å². The Balaban J connectivity index is 2.13. The lowest BCUT2D eigenvalue weighted by atomic mass is 9.82. The van der Waals surface area contributed by atoms with Crippen molar-refractivity contribution in [3.63, 3.8) is 0 Å². The van der Waals surface area contributed by atoms with Crippen LogP contribution < -0.4 is 0 Å². The first-order valence-electron chi connectivity index (χ1n) is 7.36. The maximum Gasteiger partial charge on any atom is 0.232 e. The Morgan fingerprint density at radius 1 is 1.11 bits per heavy atom. The largest absolute Gasteiger partial charge is 0.342 e. The minimum absolute atomic E-state index is 0.241. The second kappa shape index (κ2) is 5.77. The molecule has 0 saturated heterocycles. The van der Waals surface area contributed by atoms with Crippen molar-refractivity contribution < 1.29 is 4.79 Å². The van der Waals surface area contributed by atoms with Crippen LogP contribution in [0.3, 0.4) is 0 Å². The number of carbonyl (C=O) groups excluding carboxylic acids is 1. The van der Waals surface area contributed by atoms with Gasteiger partial charge in [-0.15, -0.1) is 0 Å². The Labute approximate surface area is 116 Å². The Bertz CT molecular complexity index is 418. The number of hydrogen-bond acceptors (Lipinski definition) is 1. The molecular weight excluding hydrogens is 234 g/mol. The van der Waals surface area contributed by atoms with Gasteiger partial charge < -0.3 is 4.90 Å². The van der Waals surface area contributed by atoms with Crippen LogP contribution in [0.15, 0.2) is 30.3 Å². The third-order valence-electron chi connectivity index (χ3n) is 4.47. The Kier molecular flexibility index (Phi) is 4.28. The van der Waals surface area contributed by atoms with Crippen LogP contribution in [-0.4, -0.2) is 23.9 Å². The first-order valence-corrected chi connectivity index (χ1v) is 7.36. The molecule has 1 fully saturated rings. The number of carbonyl (C=O) groups is 1. The van der Waals surface area contributed by atoms with Crippen molar-refractivity contribution >= 4 is 5.91 Å². The highest BCUT2D eigenvalue weighted by atomic mass is 16.2. The van der Waals surface area contributed by atoms with E-state index < -0.39 is 5.41 Å². The minimum atomic E-state index is -0.437. The summed E-state index contributed by atoms with van der Waals surface area (Å²) < 4.78 is 0. The fourth-order valence-corrected chi connectivity index (χ4v) is 3.05. The molecule has 0 aromatic heterocycles. The van der Waals surface area contributed by atoms with E-state index in [9.17, 15) is 4.79 Å². The van der Waals surface area contributed by atoms with E-state index in [1.54, 1.807) is 0 Å². The van der Waals surface area contributed by atoms with Crippen LogP contribution in [0.4, 0.5) is 0 Å². The second-order valence-electron chi connectivity index (χ2n) is 6.20. The van der Waals surface area contributed by atoms with Gasteiger partial charge >= 0.3 is 0 Å². The number of nitrogens with zero attached hydrogens (tertiary/aromatic N) is 1. The minimum Gasteiger partial charge on any atom is -0.342 e. The summed E-state index contributed by atoms with van der Waals surface area (Å²) in [6.07, 6.45) is 6.16. The van der Waals surface area contributed by atoms with Gasteiger partial charge in [-0.3, -0.25) is 4.79 Å². The van der Waals surface area contributed by atoms with Crippen LogP contribution in [-0.2, 0) is 10.2 Å². The SMILES string of the molecule is CN(C(=O)C(C)(C)c1ccccc1)C1CCCCC1. The lowest BCUT2D eigenvalue weighted by Gasteiger charge is -2.37. The molecule has 0 atom stereocenters. The van der Waals surface area contributed by atoms with Crippen molar-refractivity contribution in [2.45, 2.75) is 57.4 Å². The first kappa shape index (κ1) is 14.1. The monoisotopic (exact) mass is 259 g/mol. The number of hydrogen-bond donors (Lipinski definition) is 0. The molecular formula is C17H25NO. The molecule has 0 radical (unpaired) electrons. The van der Waals surface area contributed by atoms with E-state index in [-0.39, 0.29) is 5.91 Å². The van der Waals surface area contributed by atoms with E-state index in [1.807, 2.05) is 56.1 Å². The van der Waals surface area contributed by atoms with Crippen molar-refractivity contribution in [3.8, 4) is 0 Å². The average molecular weight is 259 g/mol. The molecule has 0 bridgehead atoms. The summed E-state index contributed by atoms with van der Waals surface area (Å²) in [7, 11) is 1.98. The molecule has 0 N–H and O–H groups in total. The lowest BCUT2D eigenvalue weighted by Crippen LogP contribution is -2.47. The highest BCUT2D eigenvalue weighted by molar-refractivity contribution is 5.87. The zero-order valence-electron chi connectivity index (χ0n) is 12.4. The fourth-order valence-electron chi connectivity index (χ4n) is 3.05. The molecule has 1 aromatic carbocycles. The summed E-state index contributed by atoms with van der Waals surface area (Å²) in [5.41, 5.74) is 0.663. The van der Waals surface area contributed by atoms with Crippen LogP contribution in [0.1, 0.15) is 51.5 Å². The molecule has 1 saturated carbocycles. The Morgan fingerprint density at radius 2 is 1.68 bits per heavy atom. The van der Waals surface area contributed by atoms with Gasteiger partial charge in [0.05, 0.1) is 5.41 Å². The molecule has 0 heterocycles. The molecule has 2 rings (SSSR count). The topological polar surface area (TPSA) is 20.3 Å². The zero-order valence-corrected chi connectivity index (χ0v) is 12.4. The third-order valence-corrected chi connectivity index (χ3v) is 4.47. The quantitative estimate of drug-likeness (QED) is 0.809. The predicted molar refractivity (Wildman–Crippen MR) is 79.1 cm³/mol. The first-order chi connectivity index (χ1) is 9.03. The van der Waals surface area contributed by atoms with Gasteiger partial charge in [0.1, 0.15) is 0 Å². The van der Waals surface area contributed by atoms with Gasteiger partial charge in [-0.2, -0.15) is 0 Å². The smallest absolute Gasteiger partial charge is 0.232 e. The number of amides is 1. The molecule has 1 aliphatic carbocycles. The second-order valence-corrected chi connectivity index (χ2v) is 6.20.